The largest absolute Gasteiger partial charge is 0.444 e. The lowest BCUT2D eigenvalue weighted by Crippen LogP contribution is -2.53. The Balaban J connectivity index is 1.79. The first kappa shape index (κ1) is 20.5. The molecule has 1 saturated heterocycles. The molecule has 148 valence electrons. The van der Waals surface area contributed by atoms with Crippen LogP contribution in [0, 0.1) is 5.82 Å². The molecule has 27 heavy (non-hydrogen) atoms. The summed E-state index contributed by atoms with van der Waals surface area (Å²) in [6.45, 7) is 7.27. The van der Waals surface area contributed by atoms with Gasteiger partial charge in [-0.05, 0) is 45.0 Å². The van der Waals surface area contributed by atoms with Crippen LogP contribution < -0.4 is 11.1 Å². The van der Waals surface area contributed by atoms with Crippen LogP contribution in [0.5, 0.6) is 0 Å². The SMILES string of the molecule is CC(C)(C)OC(=O)N1CCN(C(N)=NCC(=O)Nc2ccc(F)cc2)CC1. The quantitative estimate of drug-likeness (QED) is 0.614. The monoisotopic (exact) mass is 379 g/mol. The average Bonchev–Trinajstić information content (AvgIpc) is 2.60. The van der Waals surface area contributed by atoms with Crippen LogP contribution in [-0.2, 0) is 9.53 Å². The standard InChI is InChI=1S/C18H26FN5O3/c1-18(2,3)27-17(26)24-10-8-23(9-11-24)16(20)21-12-15(25)22-14-6-4-13(19)5-7-14/h4-7H,8-12H2,1-3H3,(H2,20,21)(H,22,25). The van der Waals surface area contributed by atoms with Gasteiger partial charge in [-0.2, -0.15) is 0 Å². The number of carbonyl (C=O) groups is 2. The van der Waals surface area contributed by atoms with Gasteiger partial charge in [0.1, 0.15) is 18.0 Å². The van der Waals surface area contributed by atoms with Crippen LogP contribution in [0.2, 0.25) is 0 Å². The Bertz CT molecular complexity index is 692. The first-order valence-electron chi connectivity index (χ1n) is 8.72. The number of ether oxygens (including phenoxy) is 1. The van der Waals surface area contributed by atoms with E-state index in [1.807, 2.05) is 25.7 Å². The molecular weight excluding hydrogens is 353 g/mol. The normalized spacial score (nSPS) is 15.5. The molecule has 9 heteroatoms. The third-order valence-corrected chi connectivity index (χ3v) is 3.77. The number of guanidine groups is 1. The summed E-state index contributed by atoms with van der Waals surface area (Å²) in [6.07, 6.45) is -0.351. The van der Waals surface area contributed by atoms with Crippen molar-refractivity contribution >= 4 is 23.6 Å². The topological polar surface area (TPSA) is 100 Å². The minimum atomic E-state index is -0.535. The summed E-state index contributed by atoms with van der Waals surface area (Å²) in [5.74, 6) is -0.481. The number of nitrogens with one attached hydrogen (secondary N) is 1. The molecule has 0 bridgehead atoms. The van der Waals surface area contributed by atoms with E-state index in [2.05, 4.69) is 10.3 Å². The maximum absolute atomic E-state index is 12.9. The third kappa shape index (κ3) is 6.76. The molecule has 1 heterocycles. The van der Waals surface area contributed by atoms with Crippen molar-refractivity contribution in [3.8, 4) is 0 Å². The second kappa shape index (κ2) is 8.70. The molecule has 3 N–H and O–H groups in total. The Kier molecular flexibility index (Phi) is 6.59. The second-order valence-corrected chi connectivity index (χ2v) is 7.18. The van der Waals surface area contributed by atoms with Gasteiger partial charge < -0.3 is 25.6 Å². The van der Waals surface area contributed by atoms with E-state index in [-0.39, 0.29) is 30.3 Å². The fourth-order valence-electron chi connectivity index (χ4n) is 2.43. The van der Waals surface area contributed by atoms with Gasteiger partial charge >= 0.3 is 6.09 Å². The number of carbonyl (C=O) groups excluding carboxylic acids is 2. The van der Waals surface area contributed by atoms with E-state index in [4.69, 9.17) is 10.5 Å². The lowest BCUT2D eigenvalue weighted by atomic mass is 10.2. The molecule has 8 nitrogen and oxygen atoms in total. The van der Waals surface area contributed by atoms with Gasteiger partial charge in [0.2, 0.25) is 5.91 Å². The van der Waals surface area contributed by atoms with E-state index in [9.17, 15) is 14.0 Å². The van der Waals surface area contributed by atoms with Crippen molar-refractivity contribution in [1.82, 2.24) is 9.80 Å². The summed E-state index contributed by atoms with van der Waals surface area (Å²) < 4.78 is 18.2. The number of benzene rings is 1. The zero-order valence-corrected chi connectivity index (χ0v) is 15.9. The van der Waals surface area contributed by atoms with Crippen LogP contribution in [0.3, 0.4) is 0 Å². The molecule has 0 aromatic heterocycles. The summed E-state index contributed by atoms with van der Waals surface area (Å²) in [5, 5.41) is 2.61. The predicted octanol–water partition coefficient (Wildman–Crippen LogP) is 1.63. The summed E-state index contributed by atoms with van der Waals surface area (Å²) in [6, 6.07) is 5.46. The van der Waals surface area contributed by atoms with E-state index >= 15 is 0 Å². The predicted molar refractivity (Wildman–Crippen MR) is 101 cm³/mol. The highest BCUT2D eigenvalue weighted by molar-refractivity contribution is 5.93. The zero-order valence-electron chi connectivity index (χ0n) is 15.9. The molecular formula is C18H26FN5O3. The molecule has 2 rings (SSSR count). The number of hydrogen-bond donors (Lipinski definition) is 2. The molecule has 0 saturated carbocycles. The van der Waals surface area contributed by atoms with Gasteiger partial charge in [0.25, 0.3) is 0 Å². The minimum absolute atomic E-state index is 0.143. The van der Waals surface area contributed by atoms with Crippen molar-refractivity contribution in [2.45, 2.75) is 26.4 Å². The third-order valence-electron chi connectivity index (χ3n) is 3.77. The first-order valence-corrected chi connectivity index (χ1v) is 8.72. The number of piperazine rings is 1. The molecule has 0 radical (unpaired) electrons. The minimum Gasteiger partial charge on any atom is -0.444 e. The number of halogens is 1. The Morgan fingerprint density at radius 1 is 1.15 bits per heavy atom. The number of hydrogen-bond acceptors (Lipinski definition) is 4. The van der Waals surface area contributed by atoms with E-state index < -0.39 is 5.60 Å². The van der Waals surface area contributed by atoms with E-state index in [1.165, 1.54) is 24.3 Å². The van der Waals surface area contributed by atoms with Gasteiger partial charge in [0, 0.05) is 31.9 Å². The molecule has 1 aromatic rings. The van der Waals surface area contributed by atoms with Crippen molar-refractivity contribution in [2.24, 2.45) is 10.7 Å². The zero-order chi connectivity index (χ0) is 20.0. The summed E-state index contributed by atoms with van der Waals surface area (Å²) in [7, 11) is 0. The van der Waals surface area contributed by atoms with Gasteiger partial charge in [-0.3, -0.25) is 4.79 Å². The highest BCUT2D eigenvalue weighted by atomic mass is 19.1. The van der Waals surface area contributed by atoms with Crippen molar-refractivity contribution in [1.29, 1.82) is 0 Å². The molecule has 1 aliphatic heterocycles. The molecule has 0 aliphatic carbocycles. The molecule has 0 unspecified atom stereocenters. The number of nitrogens with two attached hydrogens (primary N) is 1. The second-order valence-electron chi connectivity index (χ2n) is 7.18. The lowest BCUT2D eigenvalue weighted by Gasteiger charge is -2.36. The fourth-order valence-corrected chi connectivity index (χ4v) is 2.43. The van der Waals surface area contributed by atoms with Crippen LogP contribution in [0.1, 0.15) is 20.8 Å². The van der Waals surface area contributed by atoms with E-state index in [0.29, 0.717) is 31.9 Å². The molecule has 2 amide bonds. The first-order chi connectivity index (χ1) is 12.6. The lowest BCUT2D eigenvalue weighted by molar-refractivity contribution is -0.114. The Morgan fingerprint density at radius 3 is 2.26 bits per heavy atom. The van der Waals surface area contributed by atoms with Gasteiger partial charge in [0.15, 0.2) is 5.96 Å². The fraction of sp³-hybridized carbons (Fsp3) is 0.500. The van der Waals surface area contributed by atoms with Crippen molar-refractivity contribution < 1.29 is 18.7 Å². The number of amides is 2. The van der Waals surface area contributed by atoms with Crippen molar-refractivity contribution in [3.05, 3.63) is 30.1 Å². The highest BCUT2D eigenvalue weighted by Gasteiger charge is 2.26. The number of rotatable bonds is 3. The maximum Gasteiger partial charge on any atom is 0.410 e. The summed E-state index contributed by atoms with van der Waals surface area (Å²) in [4.78, 5) is 31.5. The van der Waals surface area contributed by atoms with Crippen LogP contribution in [0.4, 0.5) is 14.9 Å². The van der Waals surface area contributed by atoms with Crippen LogP contribution >= 0.6 is 0 Å². The van der Waals surface area contributed by atoms with Gasteiger partial charge in [-0.15, -0.1) is 0 Å². The highest BCUT2D eigenvalue weighted by Crippen LogP contribution is 2.12. The molecule has 1 fully saturated rings. The van der Waals surface area contributed by atoms with Gasteiger partial charge in [-0.25, -0.2) is 14.2 Å². The van der Waals surface area contributed by atoms with E-state index in [0.717, 1.165) is 0 Å². The number of anilines is 1. The smallest absolute Gasteiger partial charge is 0.410 e. The molecule has 1 aromatic carbocycles. The van der Waals surface area contributed by atoms with Crippen LogP contribution in [0.15, 0.2) is 29.3 Å². The maximum atomic E-state index is 12.9. The Labute approximate surface area is 158 Å². The van der Waals surface area contributed by atoms with Crippen LogP contribution in [-0.4, -0.2) is 66.1 Å². The van der Waals surface area contributed by atoms with Crippen LogP contribution in [0.25, 0.3) is 0 Å². The van der Waals surface area contributed by atoms with Gasteiger partial charge in [-0.1, -0.05) is 0 Å². The number of nitrogens with zero attached hydrogens (tertiary/aromatic N) is 3. The molecule has 0 spiro atoms. The molecule has 1 aliphatic rings. The summed E-state index contributed by atoms with van der Waals surface area (Å²) >= 11 is 0. The van der Waals surface area contributed by atoms with Gasteiger partial charge in [0.05, 0.1) is 0 Å². The van der Waals surface area contributed by atoms with E-state index in [1.54, 1.807) is 4.90 Å². The van der Waals surface area contributed by atoms with Crippen molar-refractivity contribution in [3.63, 3.8) is 0 Å². The average molecular weight is 379 g/mol. The number of aliphatic imine (C=N–C) groups is 1. The summed E-state index contributed by atoms with van der Waals surface area (Å²) in [5.41, 5.74) is 5.90. The molecule has 0 atom stereocenters. The van der Waals surface area contributed by atoms with Crippen molar-refractivity contribution in [2.75, 3.05) is 38.0 Å². The Morgan fingerprint density at radius 2 is 1.70 bits per heavy atom. The Hall–Kier alpha value is -2.84.